The summed E-state index contributed by atoms with van der Waals surface area (Å²) in [6, 6.07) is 0. The van der Waals surface area contributed by atoms with Crippen LogP contribution in [0.1, 0.15) is 44.9 Å². The lowest BCUT2D eigenvalue weighted by atomic mass is 9.89. The fourth-order valence-corrected chi connectivity index (χ4v) is 3.70. The van der Waals surface area contributed by atoms with E-state index in [1.807, 2.05) is 0 Å². The quantitative estimate of drug-likeness (QED) is 0.581. The number of rotatable bonds is 3. The van der Waals surface area contributed by atoms with Gasteiger partial charge in [0, 0.05) is 13.0 Å². The number of hydrogen-bond donors (Lipinski definition) is 0. The molecular weight excluding hydrogens is 248 g/mol. The van der Waals surface area contributed by atoms with Crippen molar-refractivity contribution in [3.05, 3.63) is 0 Å². The number of hydrogen-bond acceptors (Lipinski definition) is 5. The summed E-state index contributed by atoms with van der Waals surface area (Å²) < 4.78 is 21.9. The Morgan fingerprint density at radius 1 is 1.21 bits per heavy atom. The maximum absolute atomic E-state index is 10.8. The minimum absolute atomic E-state index is 0.166. The second-order valence-electron chi connectivity index (χ2n) is 6.31. The van der Waals surface area contributed by atoms with Gasteiger partial charge in [0.2, 0.25) is 0 Å². The summed E-state index contributed by atoms with van der Waals surface area (Å²) in [5, 5.41) is 0. The van der Waals surface area contributed by atoms with Crippen molar-refractivity contribution in [1.29, 1.82) is 0 Å². The van der Waals surface area contributed by atoms with E-state index in [2.05, 4.69) is 0 Å². The average molecular weight is 268 g/mol. The molecule has 19 heavy (non-hydrogen) atoms. The molecule has 0 bridgehead atoms. The van der Waals surface area contributed by atoms with Gasteiger partial charge in [0.05, 0.1) is 24.7 Å². The van der Waals surface area contributed by atoms with Gasteiger partial charge in [0.15, 0.2) is 0 Å². The molecule has 0 radical (unpaired) electrons. The van der Waals surface area contributed by atoms with Crippen molar-refractivity contribution in [2.24, 2.45) is 5.92 Å². The molecule has 1 spiro atoms. The van der Waals surface area contributed by atoms with E-state index >= 15 is 0 Å². The predicted octanol–water partition coefficient (Wildman–Crippen LogP) is 2.38. The molecular formula is C14H20O5. The molecule has 0 N–H and O–H groups in total. The van der Waals surface area contributed by atoms with E-state index in [0.29, 0.717) is 24.5 Å². The second-order valence-corrected chi connectivity index (χ2v) is 6.31. The van der Waals surface area contributed by atoms with Gasteiger partial charge >= 0.3 is 6.16 Å². The van der Waals surface area contributed by atoms with Gasteiger partial charge < -0.3 is 18.9 Å². The van der Waals surface area contributed by atoms with Crippen LogP contribution in [0.5, 0.6) is 0 Å². The molecule has 4 rings (SSSR count). The molecule has 4 aliphatic rings. The maximum atomic E-state index is 10.8. The van der Waals surface area contributed by atoms with E-state index in [-0.39, 0.29) is 6.10 Å². The molecule has 4 fully saturated rings. The Hall–Kier alpha value is -0.810. The van der Waals surface area contributed by atoms with Crippen LogP contribution in [0.25, 0.3) is 0 Å². The van der Waals surface area contributed by atoms with Gasteiger partial charge in [-0.25, -0.2) is 4.79 Å². The molecule has 0 amide bonds. The van der Waals surface area contributed by atoms with Gasteiger partial charge in [0.25, 0.3) is 5.79 Å². The third kappa shape index (κ3) is 2.34. The topological polar surface area (TPSA) is 57.3 Å². The molecule has 2 saturated heterocycles. The molecule has 0 aromatic rings. The summed E-state index contributed by atoms with van der Waals surface area (Å²) in [5.74, 6) is -0.0245. The van der Waals surface area contributed by atoms with Gasteiger partial charge in [-0.15, -0.1) is 0 Å². The molecule has 5 heteroatoms. The lowest BCUT2D eigenvalue weighted by Gasteiger charge is -2.44. The summed E-state index contributed by atoms with van der Waals surface area (Å²) in [6.45, 7) is 0.807. The van der Waals surface area contributed by atoms with E-state index in [4.69, 9.17) is 18.9 Å². The van der Waals surface area contributed by atoms with Gasteiger partial charge in [-0.2, -0.15) is 0 Å². The Bertz CT molecular complexity index is 374. The highest BCUT2D eigenvalue weighted by molar-refractivity contribution is 5.65. The summed E-state index contributed by atoms with van der Waals surface area (Å²) in [4.78, 5) is 10.8. The number of epoxide rings is 1. The molecule has 2 aliphatic heterocycles. The van der Waals surface area contributed by atoms with Crippen LogP contribution in [-0.4, -0.2) is 36.9 Å². The first-order valence-corrected chi connectivity index (χ1v) is 7.41. The minimum Gasteiger partial charge on any atom is -0.391 e. The van der Waals surface area contributed by atoms with Gasteiger partial charge in [0.1, 0.15) is 0 Å². The van der Waals surface area contributed by atoms with Crippen LogP contribution in [0.2, 0.25) is 0 Å². The van der Waals surface area contributed by atoms with E-state index in [9.17, 15) is 4.79 Å². The van der Waals surface area contributed by atoms with Crippen LogP contribution in [-0.2, 0) is 18.9 Å². The summed E-state index contributed by atoms with van der Waals surface area (Å²) in [5.41, 5.74) is 0. The highest BCUT2D eigenvalue weighted by Crippen LogP contribution is 2.42. The molecule has 5 nitrogen and oxygen atoms in total. The molecule has 0 aromatic heterocycles. The smallest absolute Gasteiger partial charge is 0.391 e. The van der Waals surface area contributed by atoms with Crippen molar-refractivity contribution in [2.75, 3.05) is 6.61 Å². The van der Waals surface area contributed by atoms with Crippen molar-refractivity contribution in [2.45, 2.75) is 69.0 Å². The lowest BCUT2D eigenvalue weighted by Crippen LogP contribution is -2.54. The molecule has 2 aliphatic carbocycles. The second kappa shape index (κ2) is 4.35. The normalized spacial score (nSPS) is 42.8. The van der Waals surface area contributed by atoms with Crippen LogP contribution >= 0.6 is 0 Å². The zero-order valence-corrected chi connectivity index (χ0v) is 11.0. The number of carbonyl (C=O) groups excluding carboxylic acids is 1. The van der Waals surface area contributed by atoms with Crippen LogP contribution in [0.15, 0.2) is 0 Å². The van der Waals surface area contributed by atoms with E-state index in [1.54, 1.807) is 0 Å². The molecule has 4 unspecified atom stereocenters. The standard InChI is InChI=1S/C14H20O5/c15-13-18-14(19-13)5-1-2-10(7-14)16-8-9-3-4-11-12(6-9)17-11/h9-12H,1-8H2. The van der Waals surface area contributed by atoms with Crippen molar-refractivity contribution >= 4 is 6.16 Å². The van der Waals surface area contributed by atoms with Crippen molar-refractivity contribution in [1.82, 2.24) is 0 Å². The van der Waals surface area contributed by atoms with Gasteiger partial charge in [-0.1, -0.05) is 0 Å². The Morgan fingerprint density at radius 2 is 2.11 bits per heavy atom. The first kappa shape index (κ1) is 12.0. The van der Waals surface area contributed by atoms with Crippen LogP contribution in [0.4, 0.5) is 4.79 Å². The van der Waals surface area contributed by atoms with Crippen molar-refractivity contribution in [3.8, 4) is 0 Å². The average Bonchev–Trinajstić information content (AvgIpc) is 3.13. The Kier molecular flexibility index (Phi) is 2.74. The molecule has 0 aromatic carbocycles. The summed E-state index contributed by atoms with van der Waals surface area (Å²) in [6.07, 6.45) is 7.77. The molecule has 4 atom stereocenters. The lowest BCUT2D eigenvalue weighted by molar-refractivity contribution is -0.296. The van der Waals surface area contributed by atoms with Gasteiger partial charge in [-0.3, -0.25) is 0 Å². The monoisotopic (exact) mass is 268 g/mol. The first-order chi connectivity index (χ1) is 9.22. The van der Waals surface area contributed by atoms with E-state index in [0.717, 1.165) is 32.3 Å². The number of carbonyl (C=O) groups is 1. The highest BCUT2D eigenvalue weighted by atomic mass is 16.9. The predicted molar refractivity (Wildman–Crippen MR) is 64.5 cm³/mol. The fraction of sp³-hybridized carbons (Fsp3) is 0.929. The SMILES string of the molecule is O=C1OC2(CCCC(OCC3CCC4OC4C3)C2)O1. The highest BCUT2D eigenvalue weighted by Gasteiger charge is 2.52. The maximum Gasteiger partial charge on any atom is 0.514 e. The van der Waals surface area contributed by atoms with Crippen molar-refractivity contribution < 1.29 is 23.7 Å². The van der Waals surface area contributed by atoms with Crippen LogP contribution in [0.3, 0.4) is 0 Å². The zero-order valence-electron chi connectivity index (χ0n) is 11.0. The van der Waals surface area contributed by atoms with Crippen LogP contribution in [0, 0.1) is 5.92 Å². The van der Waals surface area contributed by atoms with Crippen molar-refractivity contribution in [3.63, 3.8) is 0 Å². The largest absolute Gasteiger partial charge is 0.514 e. The van der Waals surface area contributed by atoms with E-state index in [1.165, 1.54) is 12.8 Å². The Labute approximate surface area is 112 Å². The number of ether oxygens (including phenoxy) is 4. The first-order valence-electron chi connectivity index (χ1n) is 7.41. The fourth-order valence-electron chi connectivity index (χ4n) is 3.70. The molecule has 2 saturated carbocycles. The molecule has 106 valence electrons. The van der Waals surface area contributed by atoms with Gasteiger partial charge in [-0.05, 0) is 38.0 Å². The minimum atomic E-state index is -0.655. The molecule has 2 heterocycles. The third-order valence-corrected chi connectivity index (χ3v) is 4.84. The summed E-state index contributed by atoms with van der Waals surface area (Å²) in [7, 11) is 0. The van der Waals surface area contributed by atoms with E-state index < -0.39 is 11.9 Å². The summed E-state index contributed by atoms with van der Waals surface area (Å²) >= 11 is 0. The van der Waals surface area contributed by atoms with Crippen LogP contribution < -0.4 is 0 Å². The third-order valence-electron chi connectivity index (χ3n) is 4.84. The Morgan fingerprint density at radius 3 is 2.89 bits per heavy atom. The zero-order chi connectivity index (χ0) is 12.9. The Balaban J connectivity index is 1.25. The number of fused-ring (bicyclic) bond motifs is 1.